The fraction of sp³-hybridized carbons (Fsp3) is 0.424. The first-order chi connectivity index (χ1) is 22.5. The third kappa shape index (κ3) is 5.56. The van der Waals surface area contributed by atoms with Crippen molar-refractivity contribution in [2.75, 3.05) is 18.0 Å². The van der Waals surface area contributed by atoms with Gasteiger partial charge in [-0.05, 0) is 86.9 Å². The van der Waals surface area contributed by atoms with Crippen LogP contribution in [0.2, 0.25) is 0 Å². The number of carboxylic acids is 1. The molecular formula is C33H34F3N7O4S. The van der Waals surface area contributed by atoms with Crippen molar-refractivity contribution in [3.8, 4) is 0 Å². The predicted octanol–water partition coefficient (Wildman–Crippen LogP) is 6.12. The lowest BCUT2D eigenvalue weighted by atomic mass is 9.70. The third-order valence-corrected chi connectivity index (χ3v) is 11.5. The summed E-state index contributed by atoms with van der Waals surface area (Å²) in [5.41, 5.74) is 1.40. The number of alkyl halides is 3. The molecule has 6 rings (SSSR count). The van der Waals surface area contributed by atoms with Gasteiger partial charge in [0.05, 0.1) is 12.0 Å². The van der Waals surface area contributed by atoms with Crippen LogP contribution in [0.25, 0.3) is 10.5 Å². The van der Waals surface area contributed by atoms with Crippen LogP contribution >= 0.6 is 0 Å². The Labute approximate surface area is 275 Å². The zero-order chi connectivity index (χ0) is 34.8. The first-order valence-corrected chi connectivity index (χ1v) is 16.9. The topological polar surface area (TPSA) is 125 Å². The molecule has 252 valence electrons. The molecule has 2 aliphatic heterocycles. The van der Waals surface area contributed by atoms with Gasteiger partial charge in [0.1, 0.15) is 10.7 Å². The van der Waals surface area contributed by atoms with Crippen LogP contribution in [0, 0.1) is 25.8 Å². The van der Waals surface area contributed by atoms with Crippen molar-refractivity contribution >= 4 is 33.1 Å². The Morgan fingerprint density at radius 2 is 1.90 bits per heavy atom. The number of piperidine rings is 1. The summed E-state index contributed by atoms with van der Waals surface area (Å²) < 4.78 is 71.6. The minimum Gasteiger partial charge on any atom is -0.481 e. The monoisotopic (exact) mass is 681 g/mol. The van der Waals surface area contributed by atoms with Crippen LogP contribution in [0.3, 0.4) is 0 Å². The molecule has 2 aliphatic rings. The second-order valence-electron chi connectivity index (χ2n) is 13.0. The van der Waals surface area contributed by atoms with Gasteiger partial charge in [-0.25, -0.2) is 18.2 Å². The number of hydrogen-bond donors (Lipinski definition) is 1. The first kappa shape index (κ1) is 33.4. The number of fused-ring (bicyclic) bond motifs is 4. The minimum atomic E-state index is -4.74. The van der Waals surface area contributed by atoms with Crippen LogP contribution in [0.1, 0.15) is 72.7 Å². The van der Waals surface area contributed by atoms with Crippen molar-refractivity contribution < 1.29 is 31.5 Å². The minimum absolute atomic E-state index is 0.0189. The van der Waals surface area contributed by atoms with Crippen molar-refractivity contribution in [3.63, 3.8) is 0 Å². The van der Waals surface area contributed by atoms with Crippen LogP contribution in [0.5, 0.6) is 0 Å². The summed E-state index contributed by atoms with van der Waals surface area (Å²) in [4.78, 5) is 22.6. The van der Waals surface area contributed by atoms with E-state index in [1.807, 2.05) is 11.8 Å². The molecule has 1 aromatic carbocycles. The predicted molar refractivity (Wildman–Crippen MR) is 170 cm³/mol. The SMILES string of the molecule is [C-]#[N+]c1cnc2c(c1)S(=O)(=O)N(Cc1cc([C@H](c3ccn4c(C(F)(F)F)nnc4c3C)C(C)(C)C(=O)O)ccc1C)C[C@H]1CCCCN21. The van der Waals surface area contributed by atoms with E-state index < -0.39 is 39.3 Å². The summed E-state index contributed by atoms with van der Waals surface area (Å²) >= 11 is 0. The van der Waals surface area contributed by atoms with Gasteiger partial charge >= 0.3 is 12.1 Å². The maximum absolute atomic E-state index is 14.3. The average Bonchev–Trinajstić information content (AvgIpc) is 3.46. The number of anilines is 1. The van der Waals surface area contributed by atoms with Gasteiger partial charge in [-0.3, -0.25) is 9.20 Å². The van der Waals surface area contributed by atoms with Crippen LogP contribution in [0.15, 0.2) is 47.6 Å². The number of carboxylic acid groups (broad SMARTS) is 1. The highest BCUT2D eigenvalue weighted by Gasteiger charge is 2.43. The number of halogens is 3. The first-order valence-electron chi connectivity index (χ1n) is 15.4. The quantitative estimate of drug-likeness (QED) is 0.242. The standard InChI is InChI=1S/C33H34F3N7O4S/c1-19-9-10-21(27(32(3,4)31(44)45)25-11-13-43-28(20(25)2)39-40-30(43)33(34,35)36)14-22(19)17-41-18-24-8-6-7-12-42(24)29-26(48(41,46)47)15-23(37-5)16-38-29/h9-11,13-16,24,27H,6-8,12,17-18H2,1-4H3,(H,44,45)/t24-,27-/m1/s1. The van der Waals surface area contributed by atoms with E-state index in [1.54, 1.807) is 39.0 Å². The molecule has 0 spiro atoms. The fourth-order valence-corrected chi connectivity index (χ4v) is 8.55. The van der Waals surface area contributed by atoms with Gasteiger partial charge in [0, 0.05) is 44.0 Å². The van der Waals surface area contributed by atoms with Crippen LogP contribution in [-0.2, 0) is 27.5 Å². The number of sulfonamides is 1. The number of benzene rings is 1. The summed E-state index contributed by atoms with van der Waals surface area (Å²) in [6, 6.07) is 8.06. The van der Waals surface area contributed by atoms with Crippen LogP contribution < -0.4 is 4.90 Å². The molecule has 0 saturated carbocycles. The fourth-order valence-electron chi connectivity index (χ4n) is 6.93. The lowest BCUT2D eigenvalue weighted by molar-refractivity contribution is -0.147. The van der Waals surface area contributed by atoms with E-state index in [0.717, 1.165) is 29.2 Å². The number of aromatic nitrogens is 4. The maximum Gasteiger partial charge on any atom is 0.452 e. The number of pyridine rings is 2. The number of aliphatic carboxylic acids is 1. The maximum atomic E-state index is 14.3. The molecule has 0 radical (unpaired) electrons. The van der Waals surface area contributed by atoms with E-state index >= 15 is 0 Å². The van der Waals surface area contributed by atoms with Gasteiger partial charge in [-0.1, -0.05) is 18.2 Å². The van der Waals surface area contributed by atoms with Crippen LogP contribution in [0.4, 0.5) is 24.7 Å². The molecule has 3 aromatic heterocycles. The van der Waals surface area contributed by atoms with Gasteiger partial charge in [0.15, 0.2) is 5.65 Å². The smallest absolute Gasteiger partial charge is 0.452 e. The zero-order valence-electron chi connectivity index (χ0n) is 26.8. The highest BCUT2D eigenvalue weighted by Crippen LogP contribution is 2.44. The molecule has 0 aliphatic carbocycles. The molecule has 0 unspecified atom stereocenters. The van der Waals surface area contributed by atoms with Crippen LogP contribution in [-0.4, -0.2) is 62.5 Å². The van der Waals surface area contributed by atoms with Gasteiger partial charge in [0.25, 0.3) is 0 Å². The van der Waals surface area contributed by atoms with E-state index in [0.29, 0.717) is 34.6 Å². The van der Waals surface area contributed by atoms with E-state index in [4.69, 9.17) is 6.57 Å². The number of nitrogens with zero attached hydrogens (tertiary/aromatic N) is 7. The Balaban J connectivity index is 1.46. The Morgan fingerprint density at radius 1 is 1.15 bits per heavy atom. The Bertz CT molecular complexity index is 2090. The van der Waals surface area contributed by atoms with E-state index in [2.05, 4.69) is 20.0 Å². The van der Waals surface area contributed by atoms with Crippen molar-refractivity contribution in [2.45, 2.75) is 76.5 Å². The highest BCUT2D eigenvalue weighted by atomic mass is 32.2. The van der Waals surface area contributed by atoms with Gasteiger partial charge in [0.2, 0.25) is 21.5 Å². The molecule has 2 atom stereocenters. The summed E-state index contributed by atoms with van der Waals surface area (Å²) in [6.45, 7) is 14.8. The molecule has 0 amide bonds. The number of hydrogen-bond acceptors (Lipinski definition) is 7. The van der Waals surface area contributed by atoms with Crippen molar-refractivity contribution in [2.24, 2.45) is 5.41 Å². The molecule has 4 aromatic rings. The summed E-state index contributed by atoms with van der Waals surface area (Å²) in [6.07, 6.45) is 0.445. The Morgan fingerprint density at radius 3 is 2.58 bits per heavy atom. The number of rotatable bonds is 6. The molecular weight excluding hydrogens is 647 g/mol. The second-order valence-corrected chi connectivity index (χ2v) is 14.9. The Hall–Kier alpha value is -4.55. The molecule has 48 heavy (non-hydrogen) atoms. The molecule has 11 nitrogen and oxygen atoms in total. The average molecular weight is 682 g/mol. The molecule has 5 heterocycles. The number of carbonyl (C=O) groups is 1. The molecule has 1 fully saturated rings. The molecule has 1 N–H and O–H groups in total. The van der Waals surface area contributed by atoms with Gasteiger partial charge in [-0.15, -0.1) is 10.2 Å². The van der Waals surface area contributed by atoms with E-state index in [1.165, 1.54) is 28.8 Å². The van der Waals surface area contributed by atoms with Crippen molar-refractivity contribution in [3.05, 3.63) is 87.8 Å². The van der Waals surface area contributed by atoms with Crippen molar-refractivity contribution in [1.82, 2.24) is 23.9 Å². The molecule has 15 heteroatoms. The lowest BCUT2D eigenvalue weighted by Gasteiger charge is -2.36. The second kappa shape index (κ2) is 11.9. The summed E-state index contributed by atoms with van der Waals surface area (Å²) in [5.74, 6) is -2.82. The Kier molecular flexibility index (Phi) is 8.23. The van der Waals surface area contributed by atoms with Gasteiger partial charge in [-0.2, -0.15) is 17.5 Å². The van der Waals surface area contributed by atoms with E-state index in [9.17, 15) is 31.5 Å². The highest BCUT2D eigenvalue weighted by molar-refractivity contribution is 7.89. The number of aryl methyl sites for hydroxylation is 2. The van der Waals surface area contributed by atoms with Gasteiger partial charge < -0.3 is 10.0 Å². The van der Waals surface area contributed by atoms with E-state index in [-0.39, 0.29) is 35.4 Å². The summed E-state index contributed by atoms with van der Waals surface area (Å²) in [7, 11) is -4.11. The largest absolute Gasteiger partial charge is 0.481 e. The lowest BCUT2D eigenvalue weighted by Crippen LogP contribution is -2.45. The third-order valence-electron chi connectivity index (χ3n) is 9.64. The molecule has 1 saturated heterocycles. The summed E-state index contributed by atoms with van der Waals surface area (Å²) in [5, 5.41) is 17.5. The zero-order valence-corrected chi connectivity index (χ0v) is 27.6. The molecule has 0 bridgehead atoms. The van der Waals surface area contributed by atoms with Crippen molar-refractivity contribution in [1.29, 1.82) is 0 Å². The normalized spacial score (nSPS) is 18.9.